The fraction of sp³-hybridized carbons (Fsp3) is 0.148. The van der Waals surface area contributed by atoms with Crippen LogP contribution in [0.3, 0.4) is 0 Å². The molecule has 1 N–H and O–H groups in total. The predicted octanol–water partition coefficient (Wildman–Crippen LogP) is 4.30. The van der Waals surface area contributed by atoms with E-state index in [2.05, 4.69) is 10.4 Å². The average molecular weight is 496 g/mol. The van der Waals surface area contributed by atoms with Gasteiger partial charge in [0.2, 0.25) is 5.91 Å². The Morgan fingerprint density at radius 1 is 1.11 bits per heavy atom. The minimum Gasteiger partial charge on any atom is -0.461 e. The van der Waals surface area contributed by atoms with Crippen LogP contribution in [0.1, 0.15) is 29.1 Å². The minimum absolute atomic E-state index is 0.0504. The first-order valence-corrected chi connectivity index (χ1v) is 11.8. The van der Waals surface area contributed by atoms with Crippen molar-refractivity contribution in [1.82, 2.24) is 15.1 Å². The van der Waals surface area contributed by atoms with Gasteiger partial charge in [0.05, 0.1) is 24.1 Å². The highest BCUT2D eigenvalue weighted by molar-refractivity contribution is 7.80. The van der Waals surface area contributed by atoms with E-state index in [1.165, 1.54) is 0 Å². The molecule has 4 aromatic rings. The van der Waals surface area contributed by atoms with E-state index >= 15 is 0 Å². The van der Waals surface area contributed by atoms with Gasteiger partial charge in [0.1, 0.15) is 11.2 Å². The lowest BCUT2D eigenvalue weighted by molar-refractivity contribution is -0.123. The Balaban J connectivity index is 1.72. The van der Waals surface area contributed by atoms with Crippen LogP contribution in [-0.4, -0.2) is 33.3 Å². The van der Waals surface area contributed by atoms with Crippen molar-refractivity contribution in [3.63, 3.8) is 0 Å². The molecule has 9 heteroatoms. The number of amides is 1. The van der Waals surface area contributed by atoms with Gasteiger partial charge in [0.25, 0.3) is 0 Å². The number of nitrogens with zero attached hydrogens (tertiary/aromatic N) is 4. The first-order chi connectivity index (χ1) is 17.5. The number of nitriles is 1. The summed E-state index contributed by atoms with van der Waals surface area (Å²) in [6.45, 7) is 1.87. The summed E-state index contributed by atoms with van der Waals surface area (Å²) in [5.41, 5.74) is 1.88. The van der Waals surface area contributed by atoms with Crippen LogP contribution in [0.2, 0.25) is 0 Å². The molecule has 3 aromatic carbocycles. The molecule has 178 valence electrons. The zero-order valence-corrected chi connectivity index (χ0v) is 20.1. The summed E-state index contributed by atoms with van der Waals surface area (Å²) in [6.07, 6.45) is 0.789. The monoisotopic (exact) mass is 495 g/mol. The van der Waals surface area contributed by atoms with Crippen molar-refractivity contribution >= 4 is 45.5 Å². The lowest BCUT2D eigenvalue weighted by Gasteiger charge is -2.40. The number of aromatic nitrogens is 2. The summed E-state index contributed by atoms with van der Waals surface area (Å²) >= 11 is 5.71. The second kappa shape index (κ2) is 9.60. The molecule has 1 aliphatic rings. The highest BCUT2D eigenvalue weighted by Crippen LogP contribution is 2.37. The highest BCUT2D eigenvalue weighted by atomic mass is 32.1. The molecule has 0 bridgehead atoms. The van der Waals surface area contributed by atoms with Crippen molar-refractivity contribution in [2.75, 3.05) is 11.5 Å². The largest absolute Gasteiger partial charge is 0.461 e. The Hall–Kier alpha value is -4.55. The molecular formula is C27H21N5O3S. The molecule has 0 unspecified atom stereocenters. The number of para-hydroxylation sites is 1. The van der Waals surface area contributed by atoms with Crippen LogP contribution in [0.5, 0.6) is 0 Å². The number of thiocarbonyl (C=S) groups is 1. The molecule has 0 saturated carbocycles. The topological polar surface area (TPSA) is 100 Å². The Labute approximate surface area is 212 Å². The predicted molar refractivity (Wildman–Crippen MR) is 139 cm³/mol. The number of carbonyl (C=O) groups is 2. The molecule has 8 nitrogen and oxygen atoms in total. The smallest absolute Gasteiger partial charge is 0.359 e. The Kier molecular flexibility index (Phi) is 6.19. The molecule has 1 amide bonds. The number of nitrogens with one attached hydrogen (secondary N) is 1. The summed E-state index contributed by atoms with van der Waals surface area (Å²) in [5.74, 6) is -2.32. The highest BCUT2D eigenvalue weighted by Gasteiger charge is 2.42. The third-order valence-corrected chi connectivity index (χ3v) is 6.40. The molecule has 2 atom stereocenters. The average Bonchev–Trinajstić information content (AvgIpc) is 3.35. The number of ether oxygens (including phenoxy) is 1. The Morgan fingerprint density at radius 2 is 1.83 bits per heavy atom. The number of rotatable bonds is 5. The molecule has 0 spiro atoms. The minimum atomic E-state index is -1.16. The first kappa shape index (κ1) is 23.2. The molecule has 1 aromatic heterocycles. The lowest BCUT2D eigenvalue weighted by atomic mass is 9.99. The first-order valence-electron chi connectivity index (χ1n) is 11.4. The molecule has 1 fully saturated rings. The summed E-state index contributed by atoms with van der Waals surface area (Å²) in [6, 6.07) is 24.8. The number of fused-ring (bicyclic) bond motifs is 1. The van der Waals surface area contributed by atoms with E-state index in [1.54, 1.807) is 22.7 Å². The standard InChI is InChI=1S/C27H21N5O3S/c1-2-35-27(34)23-21(16-31(30-23)18-11-4-3-5-12-18)24-29-25(33)20(15-28)26(36)32(24)22-14-8-10-17-9-6-7-13-19(17)22/h3-14,16,20,24H,2H2,1H3,(H,29,33)/t20-,24+/m1/s1. The van der Waals surface area contributed by atoms with Crippen LogP contribution in [-0.2, 0) is 9.53 Å². The van der Waals surface area contributed by atoms with Crippen molar-refractivity contribution in [3.05, 3.63) is 90.3 Å². The Morgan fingerprint density at radius 3 is 2.58 bits per heavy atom. The van der Waals surface area contributed by atoms with Crippen LogP contribution in [0, 0.1) is 17.2 Å². The fourth-order valence-electron chi connectivity index (χ4n) is 4.33. The quantitative estimate of drug-likeness (QED) is 0.325. The van der Waals surface area contributed by atoms with E-state index in [-0.39, 0.29) is 17.3 Å². The lowest BCUT2D eigenvalue weighted by Crippen LogP contribution is -2.56. The zero-order chi connectivity index (χ0) is 25.2. The van der Waals surface area contributed by atoms with E-state index in [9.17, 15) is 14.9 Å². The van der Waals surface area contributed by atoms with Crippen molar-refractivity contribution in [2.24, 2.45) is 5.92 Å². The second-order valence-corrected chi connectivity index (χ2v) is 8.53. The zero-order valence-electron chi connectivity index (χ0n) is 19.3. The third kappa shape index (κ3) is 3.97. The number of hydrogen-bond donors (Lipinski definition) is 1. The third-order valence-electron chi connectivity index (χ3n) is 5.97. The van der Waals surface area contributed by atoms with Gasteiger partial charge in [0.15, 0.2) is 11.6 Å². The molecule has 5 rings (SSSR count). The van der Waals surface area contributed by atoms with E-state index in [0.717, 1.165) is 16.5 Å². The van der Waals surface area contributed by atoms with Gasteiger partial charge >= 0.3 is 5.97 Å². The Bertz CT molecular complexity index is 1520. The normalized spacial score (nSPS) is 17.5. The van der Waals surface area contributed by atoms with Crippen molar-refractivity contribution in [1.29, 1.82) is 5.26 Å². The molecule has 1 saturated heterocycles. The molecule has 2 heterocycles. The number of benzene rings is 3. The summed E-state index contributed by atoms with van der Waals surface area (Å²) in [4.78, 5) is 27.8. The van der Waals surface area contributed by atoms with E-state index in [0.29, 0.717) is 11.3 Å². The molecule has 0 radical (unpaired) electrons. The van der Waals surface area contributed by atoms with Gasteiger partial charge in [-0.2, -0.15) is 10.4 Å². The molecule has 1 aliphatic heterocycles. The van der Waals surface area contributed by atoms with E-state index in [4.69, 9.17) is 17.0 Å². The van der Waals surface area contributed by atoms with Crippen LogP contribution >= 0.6 is 12.2 Å². The number of anilines is 1. The summed E-state index contributed by atoms with van der Waals surface area (Å²) in [5, 5.41) is 19.0. The maximum Gasteiger partial charge on any atom is 0.359 e. The molecule has 36 heavy (non-hydrogen) atoms. The van der Waals surface area contributed by atoms with Crippen molar-refractivity contribution < 1.29 is 14.3 Å². The van der Waals surface area contributed by atoms with Gasteiger partial charge in [-0.3, -0.25) is 4.79 Å². The SMILES string of the molecule is CCOC(=O)c1nn(-c2ccccc2)cc1[C@H]1NC(=O)[C@@H](C#N)C(=S)N1c1cccc2ccccc12. The van der Waals surface area contributed by atoms with Gasteiger partial charge in [-0.05, 0) is 30.5 Å². The number of esters is 1. The van der Waals surface area contributed by atoms with E-state index < -0.39 is 24.0 Å². The van der Waals surface area contributed by atoms with Crippen molar-refractivity contribution in [2.45, 2.75) is 13.1 Å². The van der Waals surface area contributed by atoms with Gasteiger partial charge < -0.3 is 15.0 Å². The summed E-state index contributed by atoms with van der Waals surface area (Å²) < 4.78 is 6.85. The maximum atomic E-state index is 13.0. The van der Waals surface area contributed by atoms with Crippen LogP contribution in [0.25, 0.3) is 16.5 Å². The van der Waals surface area contributed by atoms with Gasteiger partial charge in [-0.15, -0.1) is 0 Å². The van der Waals surface area contributed by atoms with Gasteiger partial charge in [0, 0.05) is 17.1 Å². The van der Waals surface area contributed by atoms with Crippen LogP contribution in [0.4, 0.5) is 5.69 Å². The summed E-state index contributed by atoms with van der Waals surface area (Å²) in [7, 11) is 0. The maximum absolute atomic E-state index is 13.0. The van der Waals surface area contributed by atoms with Gasteiger partial charge in [-0.25, -0.2) is 9.48 Å². The number of hydrogen-bond acceptors (Lipinski definition) is 6. The molecule has 0 aliphatic carbocycles. The van der Waals surface area contributed by atoms with Gasteiger partial charge in [-0.1, -0.05) is 66.8 Å². The fourth-order valence-corrected chi connectivity index (χ4v) is 4.69. The van der Waals surface area contributed by atoms with E-state index in [1.807, 2.05) is 78.9 Å². The number of carbonyl (C=O) groups excluding carboxylic acids is 2. The van der Waals surface area contributed by atoms with Crippen molar-refractivity contribution in [3.8, 4) is 11.8 Å². The molecular weight excluding hydrogens is 474 g/mol. The van der Waals surface area contributed by atoms with Crippen LogP contribution < -0.4 is 10.2 Å². The second-order valence-electron chi connectivity index (χ2n) is 8.11. The van der Waals surface area contributed by atoms with Crippen LogP contribution in [0.15, 0.2) is 79.0 Å².